The van der Waals surface area contributed by atoms with Crippen molar-refractivity contribution in [1.29, 1.82) is 0 Å². The first kappa shape index (κ1) is 17.3. The average Bonchev–Trinajstić information content (AvgIpc) is 2.85. The first-order valence-corrected chi connectivity index (χ1v) is 9.03. The van der Waals surface area contributed by atoms with E-state index >= 15 is 0 Å². The molecule has 1 heterocycles. The van der Waals surface area contributed by atoms with Crippen molar-refractivity contribution in [3.05, 3.63) is 35.2 Å². The molecule has 0 aliphatic carbocycles. The maximum Gasteiger partial charge on any atom is 0.220 e. The predicted molar refractivity (Wildman–Crippen MR) is 87.3 cm³/mol. The van der Waals surface area contributed by atoms with Gasteiger partial charge in [0.1, 0.15) is 0 Å². The maximum absolute atomic E-state index is 11.8. The summed E-state index contributed by atoms with van der Waals surface area (Å²) < 4.78 is 33.0. The van der Waals surface area contributed by atoms with Crippen LogP contribution in [0.4, 0.5) is 0 Å². The van der Waals surface area contributed by atoms with Crippen LogP contribution in [0.5, 0.6) is 11.5 Å². The summed E-state index contributed by atoms with van der Waals surface area (Å²) in [5.41, 5.74) is 1.02. The monoisotopic (exact) mass is 339 g/mol. The van der Waals surface area contributed by atoms with Gasteiger partial charge in [-0.2, -0.15) is 0 Å². The summed E-state index contributed by atoms with van der Waals surface area (Å²) >= 11 is 0. The summed E-state index contributed by atoms with van der Waals surface area (Å²) in [5.74, 6) is 0.973. The summed E-state index contributed by atoms with van der Waals surface area (Å²) in [7, 11) is 0.0495. The Morgan fingerprint density at radius 3 is 2.61 bits per heavy atom. The highest BCUT2D eigenvalue weighted by Gasteiger charge is 2.23. The number of hydrogen-bond donors (Lipinski definition) is 1. The standard InChI is InChI=1S/C16H21NO5S/c1-21-14-4-3-12(9-15(14)22-2)5-7-17-16(18)10-13-6-8-23(19,20)11-13/h3-4,6,8-9,13H,5,7,10-11H2,1-2H3,(H,17,18)/t13-/m1/s1. The number of rotatable bonds is 7. The van der Waals surface area contributed by atoms with Crippen molar-refractivity contribution in [2.24, 2.45) is 5.92 Å². The molecule has 126 valence electrons. The van der Waals surface area contributed by atoms with Crippen LogP contribution in [0, 0.1) is 5.92 Å². The molecule has 1 aliphatic rings. The molecule has 7 heteroatoms. The molecular formula is C16H21NO5S. The van der Waals surface area contributed by atoms with Crippen LogP contribution in [0.25, 0.3) is 0 Å². The molecule has 0 saturated carbocycles. The summed E-state index contributed by atoms with van der Waals surface area (Å²) in [6, 6.07) is 5.61. The van der Waals surface area contributed by atoms with E-state index in [9.17, 15) is 13.2 Å². The quantitative estimate of drug-likeness (QED) is 0.810. The second-order valence-corrected chi connectivity index (χ2v) is 7.34. The largest absolute Gasteiger partial charge is 0.493 e. The normalized spacial score (nSPS) is 18.6. The first-order chi connectivity index (χ1) is 10.9. The SMILES string of the molecule is COc1ccc(CCNC(=O)C[C@H]2C=CS(=O)(=O)C2)cc1OC. The topological polar surface area (TPSA) is 81.7 Å². The molecule has 0 spiro atoms. The van der Waals surface area contributed by atoms with Crippen LogP contribution in [-0.2, 0) is 21.1 Å². The highest BCUT2D eigenvalue weighted by atomic mass is 32.2. The Balaban J connectivity index is 1.79. The number of nitrogens with one attached hydrogen (secondary N) is 1. The Morgan fingerprint density at radius 1 is 1.26 bits per heavy atom. The molecule has 0 fully saturated rings. The van der Waals surface area contributed by atoms with Gasteiger partial charge in [0.2, 0.25) is 5.91 Å². The van der Waals surface area contributed by atoms with E-state index in [2.05, 4.69) is 5.32 Å². The van der Waals surface area contributed by atoms with E-state index in [0.29, 0.717) is 24.5 Å². The van der Waals surface area contributed by atoms with Gasteiger partial charge in [-0.1, -0.05) is 12.1 Å². The van der Waals surface area contributed by atoms with Crippen molar-refractivity contribution in [2.75, 3.05) is 26.5 Å². The van der Waals surface area contributed by atoms with Gasteiger partial charge in [-0.25, -0.2) is 8.42 Å². The van der Waals surface area contributed by atoms with E-state index in [1.807, 2.05) is 18.2 Å². The van der Waals surface area contributed by atoms with E-state index in [1.54, 1.807) is 20.3 Å². The summed E-state index contributed by atoms with van der Waals surface area (Å²) in [4.78, 5) is 11.8. The average molecular weight is 339 g/mol. The van der Waals surface area contributed by atoms with Crippen molar-refractivity contribution in [3.63, 3.8) is 0 Å². The lowest BCUT2D eigenvalue weighted by Gasteiger charge is -2.11. The fourth-order valence-electron chi connectivity index (χ4n) is 2.46. The Kier molecular flexibility index (Phi) is 5.65. The predicted octanol–water partition coefficient (Wildman–Crippen LogP) is 1.31. The minimum atomic E-state index is -3.11. The van der Waals surface area contributed by atoms with E-state index in [4.69, 9.17) is 9.47 Å². The number of ether oxygens (including phenoxy) is 2. The van der Waals surface area contributed by atoms with Crippen LogP contribution in [0.15, 0.2) is 29.7 Å². The zero-order valence-corrected chi connectivity index (χ0v) is 14.1. The molecule has 1 N–H and O–H groups in total. The molecule has 1 aliphatic heterocycles. The number of carbonyl (C=O) groups excluding carboxylic acids is 1. The maximum atomic E-state index is 11.8. The molecule has 1 aromatic carbocycles. The summed E-state index contributed by atoms with van der Waals surface area (Å²) in [6.07, 6.45) is 2.44. The minimum absolute atomic E-state index is 0.0239. The smallest absolute Gasteiger partial charge is 0.220 e. The Bertz CT molecular complexity index is 696. The van der Waals surface area contributed by atoms with Crippen molar-refractivity contribution in [1.82, 2.24) is 5.32 Å². The van der Waals surface area contributed by atoms with Gasteiger partial charge in [0.25, 0.3) is 0 Å². The van der Waals surface area contributed by atoms with Crippen molar-refractivity contribution >= 4 is 15.7 Å². The minimum Gasteiger partial charge on any atom is -0.493 e. The van der Waals surface area contributed by atoms with Gasteiger partial charge in [-0.05, 0) is 24.1 Å². The van der Waals surface area contributed by atoms with Gasteiger partial charge in [0, 0.05) is 24.3 Å². The summed E-state index contributed by atoms with van der Waals surface area (Å²) in [5, 5.41) is 4.00. The molecule has 23 heavy (non-hydrogen) atoms. The number of sulfone groups is 1. The third-order valence-electron chi connectivity index (χ3n) is 3.64. The molecule has 6 nitrogen and oxygen atoms in total. The lowest BCUT2D eigenvalue weighted by molar-refractivity contribution is -0.121. The van der Waals surface area contributed by atoms with E-state index < -0.39 is 9.84 Å². The molecule has 1 atom stereocenters. The van der Waals surface area contributed by atoms with Gasteiger partial charge in [0.15, 0.2) is 21.3 Å². The Labute approximate surface area is 136 Å². The molecule has 0 bridgehead atoms. The van der Waals surface area contributed by atoms with E-state index in [0.717, 1.165) is 5.56 Å². The van der Waals surface area contributed by atoms with Crippen molar-refractivity contribution in [2.45, 2.75) is 12.8 Å². The summed E-state index contributed by atoms with van der Waals surface area (Å²) in [6.45, 7) is 0.484. The molecule has 0 saturated heterocycles. The molecular weight excluding hydrogens is 318 g/mol. The Morgan fingerprint density at radius 2 is 2.00 bits per heavy atom. The fraction of sp³-hybridized carbons (Fsp3) is 0.438. The molecule has 0 unspecified atom stereocenters. The number of methoxy groups -OCH3 is 2. The van der Waals surface area contributed by atoms with Crippen LogP contribution in [0.3, 0.4) is 0 Å². The zero-order chi connectivity index (χ0) is 16.9. The van der Waals surface area contributed by atoms with Crippen LogP contribution < -0.4 is 14.8 Å². The number of carbonyl (C=O) groups is 1. The number of hydrogen-bond acceptors (Lipinski definition) is 5. The number of amides is 1. The second kappa shape index (κ2) is 7.50. The molecule has 1 amide bonds. The fourth-order valence-corrected chi connectivity index (χ4v) is 3.86. The second-order valence-electron chi connectivity index (χ2n) is 5.41. The van der Waals surface area contributed by atoms with Crippen LogP contribution >= 0.6 is 0 Å². The molecule has 2 rings (SSSR count). The van der Waals surface area contributed by atoms with E-state index in [-0.39, 0.29) is 24.0 Å². The Hall–Kier alpha value is -2.02. The third-order valence-corrected chi connectivity index (χ3v) is 5.10. The van der Waals surface area contributed by atoms with Gasteiger partial charge in [-0.15, -0.1) is 0 Å². The van der Waals surface area contributed by atoms with E-state index in [1.165, 1.54) is 5.41 Å². The van der Waals surface area contributed by atoms with Gasteiger partial charge in [-0.3, -0.25) is 4.79 Å². The highest BCUT2D eigenvalue weighted by molar-refractivity contribution is 7.94. The number of benzene rings is 1. The van der Waals surface area contributed by atoms with Gasteiger partial charge in [0.05, 0.1) is 20.0 Å². The van der Waals surface area contributed by atoms with Crippen LogP contribution in [0.1, 0.15) is 12.0 Å². The van der Waals surface area contributed by atoms with Gasteiger partial charge < -0.3 is 14.8 Å². The van der Waals surface area contributed by atoms with Crippen molar-refractivity contribution in [3.8, 4) is 11.5 Å². The highest BCUT2D eigenvalue weighted by Crippen LogP contribution is 2.27. The molecule has 0 radical (unpaired) electrons. The van der Waals surface area contributed by atoms with Crippen molar-refractivity contribution < 1.29 is 22.7 Å². The third kappa shape index (κ3) is 4.99. The van der Waals surface area contributed by atoms with Crippen LogP contribution in [-0.4, -0.2) is 40.8 Å². The molecule has 1 aromatic rings. The van der Waals surface area contributed by atoms with Crippen LogP contribution in [0.2, 0.25) is 0 Å². The molecule has 0 aromatic heterocycles. The zero-order valence-electron chi connectivity index (χ0n) is 13.2. The van der Waals surface area contributed by atoms with Gasteiger partial charge >= 0.3 is 0 Å². The lowest BCUT2D eigenvalue weighted by atomic mass is 10.1. The lowest BCUT2D eigenvalue weighted by Crippen LogP contribution is -2.27. The first-order valence-electron chi connectivity index (χ1n) is 7.32. The number of allylic oxidation sites excluding steroid dienone is 1.